The largest absolute Gasteiger partial charge is 0.480 e. The smallest absolute Gasteiger partial charge is 0.325 e. The fraction of sp³-hybridized carbons (Fsp3) is 0.750. The van der Waals surface area contributed by atoms with E-state index in [0.29, 0.717) is 5.75 Å². The van der Waals surface area contributed by atoms with Crippen molar-refractivity contribution in [1.29, 1.82) is 0 Å². The van der Waals surface area contributed by atoms with Crippen molar-refractivity contribution in [3.05, 3.63) is 0 Å². The standard InChI is InChI=1S/C16H30N4O7S/c1-7(16(26)27)18-15(25)12(9(3)22)20-13(23)10(5-6-28-4)19-14(24)11(17)8(2)21/h7-12,21-22H,5-6,17H2,1-4H3,(H,18,25)(H,19,24)(H,20,23)(H,26,27). The monoisotopic (exact) mass is 422 g/mol. The lowest BCUT2D eigenvalue weighted by molar-refractivity contribution is -0.142. The van der Waals surface area contributed by atoms with Crippen LogP contribution in [0.3, 0.4) is 0 Å². The van der Waals surface area contributed by atoms with E-state index < -0.39 is 60.1 Å². The lowest BCUT2D eigenvalue weighted by atomic mass is 10.1. The Balaban J connectivity index is 5.23. The van der Waals surface area contributed by atoms with Crippen LogP contribution in [-0.4, -0.2) is 87.4 Å². The minimum atomic E-state index is -1.42. The van der Waals surface area contributed by atoms with Crippen molar-refractivity contribution < 1.29 is 34.5 Å². The Hall–Kier alpha value is -1.89. The molecule has 11 nitrogen and oxygen atoms in total. The van der Waals surface area contributed by atoms with Crippen LogP contribution in [0.15, 0.2) is 0 Å². The predicted octanol–water partition coefficient (Wildman–Crippen LogP) is -2.61. The molecular weight excluding hydrogens is 392 g/mol. The Bertz CT molecular complexity index is 559. The van der Waals surface area contributed by atoms with Crippen molar-refractivity contribution in [3.8, 4) is 0 Å². The fourth-order valence-electron chi connectivity index (χ4n) is 2.02. The maximum atomic E-state index is 12.6. The molecule has 0 saturated carbocycles. The maximum Gasteiger partial charge on any atom is 0.325 e. The predicted molar refractivity (Wildman–Crippen MR) is 103 cm³/mol. The summed E-state index contributed by atoms with van der Waals surface area (Å²) in [6.07, 6.45) is -0.429. The van der Waals surface area contributed by atoms with E-state index >= 15 is 0 Å². The number of nitrogens with two attached hydrogens (primary N) is 1. The van der Waals surface area contributed by atoms with Crippen LogP contribution in [0.5, 0.6) is 0 Å². The number of aliphatic hydroxyl groups excluding tert-OH is 2. The van der Waals surface area contributed by atoms with Crippen molar-refractivity contribution in [3.63, 3.8) is 0 Å². The molecule has 0 aromatic carbocycles. The zero-order valence-corrected chi connectivity index (χ0v) is 17.2. The number of nitrogens with one attached hydrogen (secondary N) is 3. The van der Waals surface area contributed by atoms with Gasteiger partial charge in [-0.1, -0.05) is 0 Å². The Morgan fingerprint density at radius 2 is 1.50 bits per heavy atom. The molecule has 0 saturated heterocycles. The zero-order valence-electron chi connectivity index (χ0n) is 16.3. The number of rotatable bonds is 12. The second kappa shape index (κ2) is 12.5. The van der Waals surface area contributed by atoms with Gasteiger partial charge in [-0.3, -0.25) is 19.2 Å². The van der Waals surface area contributed by atoms with Gasteiger partial charge in [-0.05, 0) is 39.2 Å². The van der Waals surface area contributed by atoms with Crippen molar-refractivity contribution in [2.45, 2.75) is 63.6 Å². The molecule has 0 aromatic heterocycles. The summed E-state index contributed by atoms with van der Waals surface area (Å²) in [6, 6.07) is -4.94. The normalized spacial score (nSPS) is 17.4. The van der Waals surface area contributed by atoms with E-state index in [1.54, 1.807) is 6.26 Å². The molecule has 6 atom stereocenters. The Morgan fingerprint density at radius 3 is 1.93 bits per heavy atom. The summed E-state index contributed by atoms with van der Waals surface area (Å²) in [4.78, 5) is 47.7. The van der Waals surface area contributed by atoms with Crippen LogP contribution in [-0.2, 0) is 19.2 Å². The molecule has 0 rings (SSSR count). The number of aliphatic carboxylic acids is 1. The SMILES string of the molecule is CSCCC(NC(=O)C(N)C(C)O)C(=O)NC(C(=O)NC(C)C(=O)O)C(C)O. The third kappa shape index (κ3) is 8.87. The number of carboxylic acids is 1. The van der Waals surface area contributed by atoms with Crippen LogP contribution in [0.4, 0.5) is 0 Å². The van der Waals surface area contributed by atoms with E-state index in [0.717, 1.165) is 0 Å². The van der Waals surface area contributed by atoms with E-state index in [-0.39, 0.29) is 6.42 Å². The van der Waals surface area contributed by atoms with Gasteiger partial charge in [-0.25, -0.2) is 0 Å². The van der Waals surface area contributed by atoms with Gasteiger partial charge in [0.2, 0.25) is 17.7 Å². The van der Waals surface area contributed by atoms with E-state index in [1.807, 2.05) is 0 Å². The summed E-state index contributed by atoms with van der Waals surface area (Å²) in [6.45, 7) is 3.83. The summed E-state index contributed by atoms with van der Waals surface area (Å²) in [7, 11) is 0. The molecular formula is C16H30N4O7S. The third-order valence-corrected chi connectivity index (χ3v) is 4.50. The highest BCUT2D eigenvalue weighted by Gasteiger charge is 2.32. The molecule has 0 aromatic rings. The number of carbonyl (C=O) groups excluding carboxylic acids is 3. The van der Waals surface area contributed by atoms with Crippen LogP contribution in [0.2, 0.25) is 0 Å². The fourth-order valence-corrected chi connectivity index (χ4v) is 2.49. The van der Waals surface area contributed by atoms with E-state index in [4.69, 9.17) is 10.8 Å². The van der Waals surface area contributed by atoms with Gasteiger partial charge >= 0.3 is 5.97 Å². The van der Waals surface area contributed by atoms with Crippen LogP contribution >= 0.6 is 11.8 Å². The first-order valence-electron chi connectivity index (χ1n) is 8.66. The van der Waals surface area contributed by atoms with Gasteiger partial charge < -0.3 is 37.0 Å². The summed E-state index contributed by atoms with van der Waals surface area (Å²) in [5.41, 5.74) is 5.56. The summed E-state index contributed by atoms with van der Waals surface area (Å²) >= 11 is 1.43. The number of thioether (sulfide) groups is 1. The minimum Gasteiger partial charge on any atom is -0.480 e. The van der Waals surface area contributed by atoms with Crippen LogP contribution in [0, 0.1) is 0 Å². The first-order chi connectivity index (χ1) is 12.9. The minimum absolute atomic E-state index is 0.213. The van der Waals surface area contributed by atoms with E-state index in [1.165, 1.54) is 32.5 Å². The molecule has 0 aliphatic carbocycles. The van der Waals surface area contributed by atoms with Gasteiger partial charge in [0.25, 0.3) is 0 Å². The molecule has 8 N–H and O–H groups in total. The van der Waals surface area contributed by atoms with E-state index in [9.17, 15) is 29.4 Å². The molecule has 0 aliphatic heterocycles. The highest BCUT2D eigenvalue weighted by Crippen LogP contribution is 2.04. The van der Waals surface area contributed by atoms with Crippen LogP contribution in [0.1, 0.15) is 27.2 Å². The molecule has 3 amide bonds. The van der Waals surface area contributed by atoms with Crippen LogP contribution in [0.25, 0.3) is 0 Å². The second-order valence-electron chi connectivity index (χ2n) is 6.40. The second-order valence-corrected chi connectivity index (χ2v) is 7.39. The van der Waals surface area contributed by atoms with Gasteiger partial charge in [0.05, 0.1) is 12.2 Å². The lowest BCUT2D eigenvalue weighted by Gasteiger charge is -2.26. The van der Waals surface area contributed by atoms with Gasteiger partial charge in [0.1, 0.15) is 24.2 Å². The third-order valence-electron chi connectivity index (χ3n) is 3.86. The highest BCUT2D eigenvalue weighted by atomic mass is 32.2. The quantitative estimate of drug-likeness (QED) is 0.176. The zero-order chi connectivity index (χ0) is 22.0. The molecule has 0 radical (unpaired) electrons. The number of carboxylic acid groups (broad SMARTS) is 1. The first kappa shape index (κ1) is 26.1. The Morgan fingerprint density at radius 1 is 0.929 bits per heavy atom. The summed E-state index contributed by atoms with van der Waals surface area (Å²) < 4.78 is 0. The number of amides is 3. The topological polar surface area (TPSA) is 191 Å². The van der Waals surface area contributed by atoms with Gasteiger partial charge in [-0.2, -0.15) is 11.8 Å². The van der Waals surface area contributed by atoms with Gasteiger partial charge in [-0.15, -0.1) is 0 Å². The average Bonchev–Trinajstić information content (AvgIpc) is 2.61. The van der Waals surface area contributed by atoms with Gasteiger partial charge in [0.15, 0.2) is 0 Å². The van der Waals surface area contributed by atoms with E-state index in [2.05, 4.69) is 16.0 Å². The molecule has 0 bridgehead atoms. The van der Waals surface area contributed by atoms with Crippen LogP contribution < -0.4 is 21.7 Å². The Labute approximate surface area is 167 Å². The van der Waals surface area contributed by atoms with Crippen molar-refractivity contribution in [2.75, 3.05) is 12.0 Å². The molecule has 0 fully saturated rings. The molecule has 28 heavy (non-hydrogen) atoms. The molecule has 0 aliphatic rings. The molecule has 6 unspecified atom stereocenters. The van der Waals surface area contributed by atoms with Gasteiger partial charge in [0, 0.05) is 0 Å². The average molecular weight is 423 g/mol. The number of hydrogen-bond donors (Lipinski definition) is 7. The van der Waals surface area contributed by atoms with Crippen molar-refractivity contribution in [2.24, 2.45) is 5.73 Å². The molecule has 162 valence electrons. The Kier molecular flexibility index (Phi) is 11.7. The number of aliphatic hydroxyl groups is 2. The lowest BCUT2D eigenvalue weighted by Crippen LogP contribution is -2.60. The number of carbonyl (C=O) groups is 4. The van der Waals surface area contributed by atoms with Crippen molar-refractivity contribution >= 4 is 35.5 Å². The summed E-state index contributed by atoms with van der Waals surface area (Å²) in [5.74, 6) is -3.14. The van der Waals surface area contributed by atoms with Crippen molar-refractivity contribution in [1.82, 2.24) is 16.0 Å². The molecule has 0 spiro atoms. The maximum absolute atomic E-state index is 12.6. The highest BCUT2D eigenvalue weighted by molar-refractivity contribution is 7.98. The molecule has 12 heteroatoms. The number of hydrogen-bond acceptors (Lipinski definition) is 8. The first-order valence-corrected chi connectivity index (χ1v) is 10.1. The summed E-state index contributed by atoms with van der Waals surface area (Å²) in [5, 5.41) is 35.0. The molecule has 0 heterocycles.